The highest BCUT2D eigenvalue weighted by Crippen LogP contribution is 2.22. The van der Waals surface area contributed by atoms with Gasteiger partial charge in [0.15, 0.2) is 0 Å². The first kappa shape index (κ1) is 17.0. The molecule has 4 heteroatoms. The van der Waals surface area contributed by atoms with Crippen LogP contribution >= 0.6 is 0 Å². The summed E-state index contributed by atoms with van der Waals surface area (Å²) in [5.41, 5.74) is 7.81. The fourth-order valence-corrected chi connectivity index (χ4v) is 3.18. The van der Waals surface area contributed by atoms with Crippen LogP contribution in [0.3, 0.4) is 0 Å². The molecule has 122 valence electrons. The molecule has 0 atom stereocenters. The summed E-state index contributed by atoms with van der Waals surface area (Å²) in [5, 5.41) is 3.58. The average molecular weight is 303 g/mol. The topological polar surface area (TPSA) is 58.4 Å². The van der Waals surface area contributed by atoms with Crippen LogP contribution in [0.25, 0.3) is 0 Å². The van der Waals surface area contributed by atoms with Gasteiger partial charge in [-0.15, -0.1) is 0 Å². The van der Waals surface area contributed by atoms with Gasteiger partial charge in [-0.2, -0.15) is 0 Å². The Kier molecular flexibility index (Phi) is 6.87. The summed E-state index contributed by atoms with van der Waals surface area (Å²) in [6.07, 6.45) is 5.77. The summed E-state index contributed by atoms with van der Waals surface area (Å²) < 4.78 is 0. The van der Waals surface area contributed by atoms with Crippen molar-refractivity contribution in [2.45, 2.75) is 38.6 Å². The van der Waals surface area contributed by atoms with Gasteiger partial charge in [0.1, 0.15) is 6.29 Å². The van der Waals surface area contributed by atoms with Crippen LogP contribution in [0.2, 0.25) is 0 Å². The van der Waals surface area contributed by atoms with E-state index in [1.807, 2.05) is 18.2 Å². The van der Waals surface area contributed by atoms with Crippen LogP contribution in [0.4, 0.5) is 5.69 Å². The fourth-order valence-electron chi connectivity index (χ4n) is 3.18. The number of anilines is 1. The van der Waals surface area contributed by atoms with Gasteiger partial charge in [-0.3, -0.25) is 4.79 Å². The molecule has 0 bridgehead atoms. The fraction of sp³-hybridized carbons (Fsp3) is 0.611. The van der Waals surface area contributed by atoms with Gasteiger partial charge < -0.3 is 16.0 Å². The molecule has 3 N–H and O–H groups in total. The van der Waals surface area contributed by atoms with E-state index in [9.17, 15) is 4.79 Å². The smallest absolute Gasteiger partial charge is 0.150 e. The van der Waals surface area contributed by atoms with Gasteiger partial charge in [-0.1, -0.05) is 12.1 Å². The van der Waals surface area contributed by atoms with Gasteiger partial charge >= 0.3 is 0 Å². The van der Waals surface area contributed by atoms with Crippen LogP contribution in [0.5, 0.6) is 0 Å². The Morgan fingerprint density at radius 1 is 1.32 bits per heavy atom. The van der Waals surface area contributed by atoms with Crippen molar-refractivity contribution in [2.75, 3.05) is 31.1 Å². The lowest BCUT2D eigenvalue weighted by Crippen LogP contribution is -2.36. The number of likely N-dealkylation sites (N-methyl/N-ethyl adjacent to an activating group) is 1. The molecular formula is C18H29N3O. The standard InChI is InChI=1S/C18H29N3O/c1-2-21(18-5-3-4-16(12-18)14-22)11-10-20-13-15-6-8-17(19)9-7-15/h3-5,12,14-15,17,20H,2,6-11,13,19H2,1H3. The van der Waals surface area contributed by atoms with Crippen molar-refractivity contribution >= 4 is 12.0 Å². The van der Waals surface area contributed by atoms with E-state index in [0.717, 1.165) is 49.6 Å². The van der Waals surface area contributed by atoms with Crippen molar-refractivity contribution in [1.29, 1.82) is 0 Å². The first-order chi connectivity index (χ1) is 10.7. The molecule has 0 radical (unpaired) electrons. The highest BCUT2D eigenvalue weighted by molar-refractivity contribution is 5.77. The molecule has 1 saturated carbocycles. The molecule has 0 spiro atoms. The summed E-state index contributed by atoms with van der Waals surface area (Å²) in [5.74, 6) is 0.785. The zero-order chi connectivity index (χ0) is 15.8. The summed E-state index contributed by atoms with van der Waals surface area (Å²) >= 11 is 0. The lowest BCUT2D eigenvalue weighted by atomic mass is 9.86. The maximum absolute atomic E-state index is 10.9. The van der Waals surface area contributed by atoms with Gasteiger partial charge in [-0.25, -0.2) is 0 Å². The third-order valence-electron chi connectivity index (χ3n) is 4.64. The number of hydrogen-bond acceptors (Lipinski definition) is 4. The second-order valence-electron chi connectivity index (χ2n) is 6.28. The Labute approximate surface area is 134 Å². The highest BCUT2D eigenvalue weighted by atomic mass is 16.1. The largest absolute Gasteiger partial charge is 0.371 e. The van der Waals surface area contributed by atoms with Gasteiger partial charge in [0, 0.05) is 36.9 Å². The number of carbonyl (C=O) groups is 1. The monoisotopic (exact) mass is 303 g/mol. The first-order valence-electron chi connectivity index (χ1n) is 8.49. The van der Waals surface area contributed by atoms with Crippen molar-refractivity contribution in [3.05, 3.63) is 29.8 Å². The van der Waals surface area contributed by atoms with Crippen LogP contribution < -0.4 is 16.0 Å². The number of nitrogens with one attached hydrogen (secondary N) is 1. The van der Waals surface area contributed by atoms with Gasteiger partial charge in [0.2, 0.25) is 0 Å². The Morgan fingerprint density at radius 2 is 2.09 bits per heavy atom. The number of carbonyl (C=O) groups excluding carboxylic acids is 1. The minimum Gasteiger partial charge on any atom is -0.371 e. The van der Waals surface area contributed by atoms with E-state index >= 15 is 0 Å². The van der Waals surface area contributed by atoms with Crippen molar-refractivity contribution < 1.29 is 4.79 Å². The Balaban J connectivity index is 1.73. The minimum absolute atomic E-state index is 0.428. The van der Waals surface area contributed by atoms with Crippen LogP contribution in [-0.4, -0.2) is 38.5 Å². The number of nitrogens with two attached hydrogens (primary N) is 1. The summed E-state index contributed by atoms with van der Waals surface area (Å²) in [4.78, 5) is 13.2. The second-order valence-corrected chi connectivity index (χ2v) is 6.28. The lowest BCUT2D eigenvalue weighted by molar-refractivity contribution is 0.112. The Morgan fingerprint density at radius 3 is 2.77 bits per heavy atom. The van der Waals surface area contributed by atoms with Gasteiger partial charge in [0.05, 0.1) is 0 Å². The maximum atomic E-state index is 10.9. The third kappa shape index (κ3) is 5.11. The van der Waals surface area contributed by atoms with E-state index in [4.69, 9.17) is 5.73 Å². The average Bonchev–Trinajstić information content (AvgIpc) is 2.56. The molecule has 0 unspecified atom stereocenters. The quantitative estimate of drug-likeness (QED) is 0.572. The summed E-state index contributed by atoms with van der Waals surface area (Å²) in [7, 11) is 0. The van der Waals surface area contributed by atoms with E-state index in [-0.39, 0.29) is 0 Å². The number of rotatable bonds is 8. The molecule has 1 aromatic rings. The number of benzene rings is 1. The van der Waals surface area contributed by atoms with Crippen molar-refractivity contribution in [1.82, 2.24) is 5.32 Å². The Bertz CT molecular complexity index is 455. The summed E-state index contributed by atoms with van der Waals surface area (Å²) in [6.45, 7) is 6.13. The predicted octanol–water partition coefficient (Wildman–Crippen LogP) is 2.43. The zero-order valence-electron chi connectivity index (χ0n) is 13.6. The minimum atomic E-state index is 0.428. The SMILES string of the molecule is CCN(CCNCC1CCC(N)CC1)c1cccc(C=O)c1. The van der Waals surface area contributed by atoms with E-state index in [0.29, 0.717) is 6.04 Å². The van der Waals surface area contributed by atoms with Crippen molar-refractivity contribution in [3.8, 4) is 0 Å². The predicted molar refractivity (Wildman–Crippen MR) is 92.5 cm³/mol. The molecule has 4 nitrogen and oxygen atoms in total. The zero-order valence-corrected chi connectivity index (χ0v) is 13.6. The first-order valence-corrected chi connectivity index (χ1v) is 8.49. The number of nitrogens with zero attached hydrogens (tertiary/aromatic N) is 1. The Hall–Kier alpha value is -1.39. The van der Waals surface area contributed by atoms with Gasteiger partial charge in [0.25, 0.3) is 0 Å². The number of hydrogen-bond donors (Lipinski definition) is 2. The van der Waals surface area contributed by atoms with E-state index in [1.165, 1.54) is 25.7 Å². The van der Waals surface area contributed by atoms with Crippen LogP contribution in [0.15, 0.2) is 24.3 Å². The molecule has 22 heavy (non-hydrogen) atoms. The third-order valence-corrected chi connectivity index (χ3v) is 4.64. The lowest BCUT2D eigenvalue weighted by Gasteiger charge is -2.27. The summed E-state index contributed by atoms with van der Waals surface area (Å²) in [6, 6.07) is 8.24. The van der Waals surface area contributed by atoms with Crippen LogP contribution in [0.1, 0.15) is 43.0 Å². The highest BCUT2D eigenvalue weighted by Gasteiger charge is 2.17. The molecule has 1 fully saturated rings. The van der Waals surface area contributed by atoms with E-state index < -0.39 is 0 Å². The maximum Gasteiger partial charge on any atom is 0.150 e. The molecule has 0 heterocycles. The molecule has 1 aliphatic rings. The molecule has 2 rings (SSSR count). The molecule has 1 aromatic carbocycles. The van der Waals surface area contributed by atoms with Gasteiger partial charge in [-0.05, 0) is 57.2 Å². The van der Waals surface area contributed by atoms with E-state index in [2.05, 4.69) is 23.2 Å². The molecule has 0 aromatic heterocycles. The van der Waals surface area contributed by atoms with Crippen molar-refractivity contribution in [2.24, 2.45) is 11.7 Å². The molecule has 0 saturated heterocycles. The molecule has 0 aliphatic heterocycles. The van der Waals surface area contributed by atoms with Crippen LogP contribution in [0, 0.1) is 5.92 Å². The molecule has 1 aliphatic carbocycles. The van der Waals surface area contributed by atoms with E-state index in [1.54, 1.807) is 0 Å². The normalized spacial score (nSPS) is 21.5. The molecular weight excluding hydrogens is 274 g/mol. The second kappa shape index (κ2) is 8.91. The molecule has 0 amide bonds. The number of aldehydes is 1. The van der Waals surface area contributed by atoms with Crippen LogP contribution in [-0.2, 0) is 0 Å². The van der Waals surface area contributed by atoms with Crippen molar-refractivity contribution in [3.63, 3.8) is 0 Å².